The second-order valence-electron chi connectivity index (χ2n) is 7.39. The molecule has 0 aromatic heterocycles. The van der Waals surface area contributed by atoms with Gasteiger partial charge in [0.05, 0.1) is 6.42 Å². The lowest BCUT2D eigenvalue weighted by atomic mass is 10.1. The minimum Gasteiger partial charge on any atom is -0.354 e. The van der Waals surface area contributed by atoms with E-state index in [0.29, 0.717) is 24.5 Å². The molecule has 0 aliphatic carbocycles. The molecule has 0 aliphatic heterocycles. The summed E-state index contributed by atoms with van der Waals surface area (Å²) in [5.74, 6) is -0.167. The van der Waals surface area contributed by atoms with Gasteiger partial charge in [-0.2, -0.15) is 0 Å². The van der Waals surface area contributed by atoms with Crippen LogP contribution < -0.4 is 5.32 Å². The number of rotatable bonds is 10. The molecule has 0 spiro atoms. The summed E-state index contributed by atoms with van der Waals surface area (Å²) in [5.41, 5.74) is 2.99. The van der Waals surface area contributed by atoms with Crippen molar-refractivity contribution in [2.24, 2.45) is 0 Å². The lowest BCUT2D eigenvalue weighted by Gasteiger charge is -2.31. The highest BCUT2D eigenvalue weighted by molar-refractivity contribution is 6.30. The van der Waals surface area contributed by atoms with Gasteiger partial charge in [-0.1, -0.05) is 73.8 Å². The van der Waals surface area contributed by atoms with E-state index in [0.717, 1.165) is 29.5 Å². The SMILES string of the molecule is CCCCNC(=O)[C@@H](CC)N(Cc1cccc(C)c1)C(=O)Cc1cccc(Cl)c1. The van der Waals surface area contributed by atoms with Crippen LogP contribution in [-0.4, -0.2) is 29.3 Å². The summed E-state index contributed by atoms with van der Waals surface area (Å²) in [7, 11) is 0. The maximum absolute atomic E-state index is 13.3. The Morgan fingerprint density at radius 3 is 2.45 bits per heavy atom. The van der Waals surface area contributed by atoms with Crippen LogP contribution >= 0.6 is 11.6 Å². The molecular weight excluding hydrogens is 384 g/mol. The fraction of sp³-hybridized carbons (Fsp3) is 0.417. The Morgan fingerprint density at radius 2 is 1.79 bits per heavy atom. The van der Waals surface area contributed by atoms with Crippen molar-refractivity contribution in [1.29, 1.82) is 0 Å². The molecule has 0 saturated heterocycles. The number of nitrogens with one attached hydrogen (secondary N) is 1. The first-order valence-corrected chi connectivity index (χ1v) is 10.7. The molecular formula is C24H31ClN2O2. The quantitative estimate of drug-likeness (QED) is 0.561. The Morgan fingerprint density at radius 1 is 1.07 bits per heavy atom. The molecule has 1 N–H and O–H groups in total. The number of nitrogens with zero attached hydrogens (tertiary/aromatic N) is 1. The molecule has 4 nitrogen and oxygen atoms in total. The summed E-state index contributed by atoms with van der Waals surface area (Å²) in [6.07, 6.45) is 2.71. The van der Waals surface area contributed by atoms with Crippen LogP contribution in [0.15, 0.2) is 48.5 Å². The maximum atomic E-state index is 13.3. The van der Waals surface area contributed by atoms with E-state index >= 15 is 0 Å². The zero-order valence-corrected chi connectivity index (χ0v) is 18.3. The Labute approximate surface area is 179 Å². The third kappa shape index (κ3) is 7.21. The van der Waals surface area contributed by atoms with E-state index in [1.165, 1.54) is 0 Å². The second kappa shape index (κ2) is 11.6. The van der Waals surface area contributed by atoms with Gasteiger partial charge in [0.15, 0.2) is 0 Å². The molecule has 2 aromatic rings. The number of aryl methyl sites for hydroxylation is 1. The standard InChI is InChI=1S/C24H31ClN2O2/c1-4-6-13-26-24(29)22(5-2)27(17-20-11-7-9-18(3)14-20)23(28)16-19-10-8-12-21(25)15-19/h7-12,14-15,22H,4-6,13,16-17H2,1-3H3,(H,26,29)/t22-/m1/s1. The molecule has 0 heterocycles. The predicted molar refractivity (Wildman–Crippen MR) is 119 cm³/mol. The Kier molecular flexibility index (Phi) is 9.20. The smallest absolute Gasteiger partial charge is 0.242 e. The van der Waals surface area contributed by atoms with Gasteiger partial charge in [0.2, 0.25) is 11.8 Å². The van der Waals surface area contributed by atoms with Gasteiger partial charge >= 0.3 is 0 Å². The monoisotopic (exact) mass is 414 g/mol. The average molecular weight is 415 g/mol. The number of benzene rings is 2. The van der Waals surface area contributed by atoms with Crippen LogP contribution in [0.5, 0.6) is 0 Å². The van der Waals surface area contributed by atoms with E-state index in [1.807, 2.05) is 44.2 Å². The summed E-state index contributed by atoms with van der Waals surface area (Å²) < 4.78 is 0. The van der Waals surface area contributed by atoms with Crippen molar-refractivity contribution in [3.05, 3.63) is 70.2 Å². The van der Waals surface area contributed by atoms with Crippen LogP contribution in [0.4, 0.5) is 0 Å². The molecule has 0 bridgehead atoms. The molecule has 0 unspecified atom stereocenters. The van der Waals surface area contributed by atoms with E-state index in [9.17, 15) is 9.59 Å². The third-order valence-corrected chi connectivity index (χ3v) is 5.13. The summed E-state index contributed by atoms with van der Waals surface area (Å²) in [4.78, 5) is 27.8. The maximum Gasteiger partial charge on any atom is 0.242 e. The van der Waals surface area contributed by atoms with Crippen LogP contribution in [0.3, 0.4) is 0 Å². The number of hydrogen-bond acceptors (Lipinski definition) is 2. The van der Waals surface area contributed by atoms with Crippen molar-refractivity contribution in [3.8, 4) is 0 Å². The van der Waals surface area contributed by atoms with Gasteiger partial charge in [0, 0.05) is 18.1 Å². The molecule has 0 radical (unpaired) electrons. The molecule has 2 aromatic carbocycles. The largest absolute Gasteiger partial charge is 0.354 e. The lowest BCUT2D eigenvalue weighted by molar-refractivity contribution is -0.140. The van der Waals surface area contributed by atoms with E-state index in [1.54, 1.807) is 17.0 Å². The van der Waals surface area contributed by atoms with Gasteiger partial charge in [-0.15, -0.1) is 0 Å². The van der Waals surface area contributed by atoms with E-state index < -0.39 is 6.04 Å². The van der Waals surface area contributed by atoms with Gasteiger partial charge in [0.25, 0.3) is 0 Å². The van der Waals surface area contributed by atoms with Crippen molar-refractivity contribution in [2.75, 3.05) is 6.54 Å². The molecule has 0 fully saturated rings. The molecule has 29 heavy (non-hydrogen) atoms. The van der Waals surface area contributed by atoms with Gasteiger partial charge in [-0.05, 0) is 43.0 Å². The van der Waals surface area contributed by atoms with Gasteiger partial charge in [-0.25, -0.2) is 0 Å². The van der Waals surface area contributed by atoms with Crippen molar-refractivity contribution in [3.63, 3.8) is 0 Å². The minimum absolute atomic E-state index is 0.0775. The van der Waals surface area contributed by atoms with Crippen molar-refractivity contribution < 1.29 is 9.59 Å². The third-order valence-electron chi connectivity index (χ3n) is 4.90. The highest BCUT2D eigenvalue weighted by Crippen LogP contribution is 2.17. The minimum atomic E-state index is -0.501. The van der Waals surface area contributed by atoms with Crippen molar-refractivity contribution >= 4 is 23.4 Å². The molecule has 156 valence electrons. The van der Waals surface area contributed by atoms with Crippen LogP contribution in [0.1, 0.15) is 49.8 Å². The second-order valence-corrected chi connectivity index (χ2v) is 7.82. The Bertz CT molecular complexity index is 822. The zero-order chi connectivity index (χ0) is 21.2. The zero-order valence-electron chi connectivity index (χ0n) is 17.6. The predicted octanol–water partition coefficient (Wildman–Crippen LogP) is 4.91. The topological polar surface area (TPSA) is 49.4 Å². The van der Waals surface area contributed by atoms with Crippen LogP contribution in [0.2, 0.25) is 5.02 Å². The van der Waals surface area contributed by atoms with E-state index in [2.05, 4.69) is 18.3 Å². The van der Waals surface area contributed by atoms with Gasteiger partial charge in [0.1, 0.15) is 6.04 Å². The van der Waals surface area contributed by atoms with E-state index in [-0.39, 0.29) is 18.2 Å². The molecule has 1 atom stereocenters. The van der Waals surface area contributed by atoms with E-state index in [4.69, 9.17) is 11.6 Å². The number of halogens is 1. The lowest BCUT2D eigenvalue weighted by Crippen LogP contribution is -2.49. The molecule has 0 aliphatic rings. The first-order chi connectivity index (χ1) is 13.9. The van der Waals surface area contributed by atoms with Gasteiger partial charge in [-0.3, -0.25) is 9.59 Å². The molecule has 0 saturated carbocycles. The molecule has 2 amide bonds. The summed E-state index contributed by atoms with van der Waals surface area (Å²) >= 11 is 6.08. The van der Waals surface area contributed by atoms with Crippen LogP contribution in [0, 0.1) is 6.92 Å². The highest BCUT2D eigenvalue weighted by atomic mass is 35.5. The number of carbonyl (C=O) groups excluding carboxylic acids is 2. The highest BCUT2D eigenvalue weighted by Gasteiger charge is 2.28. The fourth-order valence-electron chi connectivity index (χ4n) is 3.36. The average Bonchev–Trinajstić information content (AvgIpc) is 2.68. The first-order valence-electron chi connectivity index (χ1n) is 10.3. The molecule has 5 heteroatoms. The van der Waals surface area contributed by atoms with Crippen LogP contribution in [-0.2, 0) is 22.6 Å². The Balaban J connectivity index is 2.25. The number of hydrogen-bond donors (Lipinski definition) is 1. The summed E-state index contributed by atoms with van der Waals surface area (Å²) in [5, 5.41) is 3.59. The van der Waals surface area contributed by atoms with Crippen molar-refractivity contribution in [2.45, 2.75) is 59.0 Å². The number of amides is 2. The summed E-state index contributed by atoms with van der Waals surface area (Å²) in [6, 6.07) is 14.9. The first kappa shape index (κ1) is 23.0. The summed E-state index contributed by atoms with van der Waals surface area (Å²) in [6.45, 7) is 7.09. The Hall–Kier alpha value is -2.33. The van der Waals surface area contributed by atoms with Crippen LogP contribution in [0.25, 0.3) is 0 Å². The number of unbranched alkanes of at least 4 members (excludes halogenated alkanes) is 1. The fourth-order valence-corrected chi connectivity index (χ4v) is 3.57. The molecule has 2 rings (SSSR count). The van der Waals surface area contributed by atoms with Gasteiger partial charge < -0.3 is 10.2 Å². The normalized spacial score (nSPS) is 11.7. The number of carbonyl (C=O) groups is 2. The van der Waals surface area contributed by atoms with Crippen molar-refractivity contribution in [1.82, 2.24) is 10.2 Å².